The van der Waals surface area contributed by atoms with Gasteiger partial charge in [-0.15, -0.1) is 11.3 Å². The Morgan fingerprint density at radius 3 is 2.76 bits per heavy atom. The van der Waals surface area contributed by atoms with Crippen LogP contribution in [0.15, 0.2) is 30.3 Å². The van der Waals surface area contributed by atoms with E-state index >= 15 is 0 Å². The van der Waals surface area contributed by atoms with Crippen LogP contribution < -0.4 is 5.32 Å². The maximum absolute atomic E-state index is 11.5. The minimum absolute atomic E-state index is 0.415. The molecular formula is C16H18N2O2S. The Kier molecular flexibility index (Phi) is 3.92. The summed E-state index contributed by atoms with van der Waals surface area (Å²) < 4.78 is 0. The average Bonchev–Trinajstić information content (AvgIpc) is 3.21. The lowest BCUT2D eigenvalue weighted by Gasteiger charge is -2.09. The topological polar surface area (TPSA) is 62.2 Å². The van der Waals surface area contributed by atoms with Gasteiger partial charge in [0.15, 0.2) is 5.13 Å². The highest BCUT2D eigenvalue weighted by atomic mass is 32.1. The van der Waals surface area contributed by atoms with Gasteiger partial charge in [0.1, 0.15) is 0 Å². The number of carboxylic acid groups (broad SMARTS) is 1. The highest BCUT2D eigenvalue weighted by Crippen LogP contribution is 2.42. The molecule has 4 nitrogen and oxygen atoms in total. The van der Waals surface area contributed by atoms with E-state index in [1.807, 2.05) is 37.3 Å². The van der Waals surface area contributed by atoms with E-state index in [0.717, 1.165) is 40.7 Å². The van der Waals surface area contributed by atoms with Gasteiger partial charge in [0, 0.05) is 10.6 Å². The van der Waals surface area contributed by atoms with Crippen LogP contribution in [0.1, 0.15) is 35.8 Å². The molecule has 2 N–H and O–H groups in total. The Labute approximate surface area is 127 Å². The number of carbonyl (C=O) groups is 1. The van der Waals surface area contributed by atoms with Crippen molar-refractivity contribution in [3.63, 3.8) is 0 Å². The number of aliphatic carboxylic acids is 1. The molecule has 21 heavy (non-hydrogen) atoms. The molecule has 0 aliphatic heterocycles. The zero-order chi connectivity index (χ0) is 14.8. The minimum atomic E-state index is -0.736. The van der Waals surface area contributed by atoms with E-state index < -0.39 is 11.9 Å². The summed E-state index contributed by atoms with van der Waals surface area (Å²) in [5.41, 5.74) is 1.79. The van der Waals surface area contributed by atoms with Crippen LogP contribution in [-0.4, -0.2) is 16.1 Å². The van der Waals surface area contributed by atoms with Crippen molar-refractivity contribution in [1.82, 2.24) is 4.98 Å². The van der Waals surface area contributed by atoms with E-state index in [2.05, 4.69) is 10.3 Å². The van der Waals surface area contributed by atoms with Crippen molar-refractivity contribution < 1.29 is 9.90 Å². The second kappa shape index (κ2) is 5.85. The molecule has 0 amide bonds. The monoisotopic (exact) mass is 302 g/mol. The van der Waals surface area contributed by atoms with Crippen LogP contribution in [0.4, 0.5) is 10.8 Å². The minimum Gasteiger partial charge on any atom is -0.481 e. The number of hydrogen-bond donors (Lipinski definition) is 2. The number of nitrogens with zero attached hydrogens (tertiary/aromatic N) is 1. The fourth-order valence-corrected chi connectivity index (χ4v) is 3.53. The molecule has 1 fully saturated rings. The zero-order valence-electron chi connectivity index (χ0n) is 11.9. The van der Waals surface area contributed by atoms with Crippen molar-refractivity contribution in [2.45, 2.75) is 32.1 Å². The van der Waals surface area contributed by atoms with Gasteiger partial charge in [-0.1, -0.05) is 31.0 Å². The van der Waals surface area contributed by atoms with Gasteiger partial charge >= 0.3 is 5.97 Å². The Bertz CT molecular complexity index is 635. The summed E-state index contributed by atoms with van der Waals surface area (Å²) in [6.45, 7) is 1.89. The fraction of sp³-hybridized carbons (Fsp3) is 0.375. The molecule has 110 valence electrons. The second-order valence-electron chi connectivity index (χ2n) is 5.53. The van der Waals surface area contributed by atoms with Crippen LogP contribution in [0.5, 0.6) is 0 Å². The fourth-order valence-electron chi connectivity index (χ4n) is 2.44. The lowest BCUT2D eigenvalue weighted by atomic mass is 9.99. The second-order valence-corrected chi connectivity index (χ2v) is 6.56. The zero-order valence-corrected chi connectivity index (χ0v) is 12.7. The molecule has 1 saturated carbocycles. The third-order valence-corrected chi connectivity index (χ3v) is 4.92. The summed E-state index contributed by atoms with van der Waals surface area (Å²) in [4.78, 5) is 16.9. The number of carboxylic acids is 1. The Morgan fingerprint density at radius 2 is 2.14 bits per heavy atom. The molecule has 1 aromatic carbocycles. The number of anilines is 2. The van der Waals surface area contributed by atoms with Gasteiger partial charge in [0.2, 0.25) is 0 Å². The van der Waals surface area contributed by atoms with Gasteiger partial charge in [-0.05, 0) is 31.4 Å². The van der Waals surface area contributed by atoms with Crippen LogP contribution in [0.3, 0.4) is 0 Å². The summed E-state index contributed by atoms with van der Waals surface area (Å²) in [6.07, 6.45) is 3.07. The molecule has 0 spiro atoms. The van der Waals surface area contributed by atoms with E-state index in [1.165, 1.54) is 11.3 Å². The molecule has 2 aromatic rings. The van der Waals surface area contributed by atoms with Crippen molar-refractivity contribution >= 4 is 28.1 Å². The first-order valence-corrected chi connectivity index (χ1v) is 7.97. The number of hydrogen-bond acceptors (Lipinski definition) is 4. The molecule has 0 radical (unpaired) electrons. The smallest absolute Gasteiger partial charge is 0.311 e. The summed E-state index contributed by atoms with van der Waals surface area (Å²) in [6, 6.07) is 9.80. The number of para-hydroxylation sites is 1. The van der Waals surface area contributed by atoms with Crippen molar-refractivity contribution in [3.8, 4) is 0 Å². The number of rotatable bonds is 6. The molecule has 3 rings (SSSR count). The predicted molar refractivity (Wildman–Crippen MR) is 84.3 cm³/mol. The van der Waals surface area contributed by atoms with Crippen molar-refractivity contribution in [2.75, 3.05) is 5.32 Å². The summed E-state index contributed by atoms with van der Waals surface area (Å²) in [7, 11) is 0. The standard InChI is InChI=1S/C16H18N2O2S/c1-10-14(13(15(19)20)9-11-7-8-11)21-16(17-10)18-12-5-3-2-4-6-12/h2-6,11,13H,7-9H2,1H3,(H,17,18)(H,19,20). The summed E-state index contributed by atoms with van der Waals surface area (Å²) >= 11 is 1.46. The molecule has 1 aliphatic carbocycles. The van der Waals surface area contributed by atoms with Crippen molar-refractivity contribution in [3.05, 3.63) is 40.9 Å². The molecule has 5 heteroatoms. The summed E-state index contributed by atoms with van der Waals surface area (Å²) in [5, 5.41) is 13.5. The van der Waals surface area contributed by atoms with Gasteiger partial charge in [-0.2, -0.15) is 0 Å². The van der Waals surface area contributed by atoms with E-state index in [9.17, 15) is 9.90 Å². The van der Waals surface area contributed by atoms with E-state index in [0.29, 0.717) is 5.92 Å². The molecule has 1 unspecified atom stereocenters. The Balaban J connectivity index is 1.80. The number of nitrogens with one attached hydrogen (secondary N) is 1. The molecule has 0 bridgehead atoms. The first-order chi connectivity index (χ1) is 10.1. The molecular weight excluding hydrogens is 284 g/mol. The number of benzene rings is 1. The maximum atomic E-state index is 11.5. The van der Waals surface area contributed by atoms with E-state index in [4.69, 9.17) is 0 Å². The number of thiazole rings is 1. The Morgan fingerprint density at radius 1 is 1.43 bits per heavy atom. The van der Waals surface area contributed by atoms with Gasteiger partial charge in [0.25, 0.3) is 0 Å². The number of aryl methyl sites for hydroxylation is 1. The van der Waals surface area contributed by atoms with Crippen LogP contribution in [0.2, 0.25) is 0 Å². The van der Waals surface area contributed by atoms with E-state index in [-0.39, 0.29) is 0 Å². The van der Waals surface area contributed by atoms with Gasteiger partial charge in [-0.25, -0.2) is 4.98 Å². The molecule has 1 aromatic heterocycles. The largest absolute Gasteiger partial charge is 0.481 e. The highest BCUT2D eigenvalue weighted by Gasteiger charge is 2.32. The van der Waals surface area contributed by atoms with Gasteiger partial charge in [-0.3, -0.25) is 4.79 Å². The SMILES string of the molecule is Cc1nc(Nc2ccccc2)sc1C(CC1CC1)C(=O)O. The van der Waals surface area contributed by atoms with Crippen LogP contribution >= 0.6 is 11.3 Å². The maximum Gasteiger partial charge on any atom is 0.311 e. The normalized spacial score (nSPS) is 15.7. The highest BCUT2D eigenvalue weighted by molar-refractivity contribution is 7.16. The van der Waals surface area contributed by atoms with Gasteiger partial charge < -0.3 is 10.4 Å². The van der Waals surface area contributed by atoms with Crippen LogP contribution in [0, 0.1) is 12.8 Å². The quantitative estimate of drug-likeness (QED) is 0.841. The third kappa shape index (κ3) is 3.42. The van der Waals surface area contributed by atoms with E-state index in [1.54, 1.807) is 0 Å². The van der Waals surface area contributed by atoms with Gasteiger partial charge in [0.05, 0.1) is 11.6 Å². The lowest BCUT2D eigenvalue weighted by Crippen LogP contribution is -2.12. The first kappa shape index (κ1) is 14.1. The molecule has 1 atom stereocenters. The summed E-state index contributed by atoms with van der Waals surface area (Å²) in [5.74, 6) is -0.570. The Hall–Kier alpha value is -1.88. The lowest BCUT2D eigenvalue weighted by molar-refractivity contribution is -0.139. The van der Waals surface area contributed by atoms with Crippen LogP contribution in [-0.2, 0) is 4.79 Å². The predicted octanol–water partition coefficient (Wildman–Crippen LogP) is 4.16. The molecule has 1 heterocycles. The van der Waals surface area contributed by atoms with Crippen molar-refractivity contribution in [1.29, 1.82) is 0 Å². The number of aromatic nitrogens is 1. The van der Waals surface area contributed by atoms with Crippen molar-refractivity contribution in [2.24, 2.45) is 5.92 Å². The van der Waals surface area contributed by atoms with Crippen LogP contribution in [0.25, 0.3) is 0 Å². The first-order valence-electron chi connectivity index (χ1n) is 7.15. The average molecular weight is 302 g/mol. The third-order valence-electron chi connectivity index (χ3n) is 3.74. The molecule has 1 aliphatic rings. The molecule has 0 saturated heterocycles.